The van der Waals surface area contributed by atoms with E-state index in [4.69, 9.17) is 0 Å². The highest BCUT2D eigenvalue weighted by atomic mass is 19.1. The third-order valence-electron chi connectivity index (χ3n) is 4.41. The molecule has 1 aliphatic rings. The molecule has 2 atom stereocenters. The molecule has 112 valence electrons. The summed E-state index contributed by atoms with van der Waals surface area (Å²) in [6, 6.07) is 6.85. The third kappa shape index (κ3) is 3.06. The van der Waals surface area contributed by atoms with Crippen LogP contribution in [0, 0.1) is 11.7 Å². The van der Waals surface area contributed by atoms with Crippen LogP contribution >= 0.6 is 0 Å². The van der Waals surface area contributed by atoms with Crippen LogP contribution in [-0.4, -0.2) is 34.7 Å². The van der Waals surface area contributed by atoms with Gasteiger partial charge in [-0.1, -0.05) is 12.5 Å². The van der Waals surface area contributed by atoms with Crippen molar-refractivity contribution in [1.29, 1.82) is 0 Å². The fraction of sp³-hybridized carbons (Fsp3) is 0.471. The lowest BCUT2D eigenvalue weighted by atomic mass is 10.0. The summed E-state index contributed by atoms with van der Waals surface area (Å²) in [6.45, 7) is 1.59. The Hall–Kier alpha value is -1.52. The van der Waals surface area contributed by atoms with Gasteiger partial charge in [0, 0.05) is 24.7 Å². The van der Waals surface area contributed by atoms with E-state index >= 15 is 0 Å². The predicted molar refractivity (Wildman–Crippen MR) is 81.4 cm³/mol. The molecule has 1 aliphatic carbocycles. The summed E-state index contributed by atoms with van der Waals surface area (Å²) in [5.74, 6) is 0.130. The summed E-state index contributed by atoms with van der Waals surface area (Å²) in [4.78, 5) is 6.52. The second kappa shape index (κ2) is 6.08. The van der Waals surface area contributed by atoms with E-state index in [1.54, 1.807) is 18.3 Å². The Kier molecular flexibility index (Phi) is 4.17. The van der Waals surface area contributed by atoms with Gasteiger partial charge >= 0.3 is 0 Å². The van der Waals surface area contributed by atoms with Gasteiger partial charge < -0.3 is 10.0 Å². The lowest BCUT2D eigenvalue weighted by Crippen LogP contribution is -2.29. The Morgan fingerprint density at radius 1 is 1.33 bits per heavy atom. The highest BCUT2D eigenvalue weighted by molar-refractivity contribution is 5.82. The Bertz CT molecular complexity index is 631. The zero-order valence-electron chi connectivity index (χ0n) is 12.3. The van der Waals surface area contributed by atoms with Gasteiger partial charge in [-0.3, -0.25) is 4.98 Å². The van der Waals surface area contributed by atoms with E-state index in [0.717, 1.165) is 43.4 Å². The van der Waals surface area contributed by atoms with Gasteiger partial charge in [-0.05, 0) is 49.6 Å². The molecule has 1 saturated carbocycles. The van der Waals surface area contributed by atoms with Gasteiger partial charge in [0.25, 0.3) is 0 Å². The molecule has 1 aromatic carbocycles. The van der Waals surface area contributed by atoms with Crippen LogP contribution < -0.4 is 0 Å². The number of aliphatic hydroxyl groups is 1. The fourth-order valence-electron chi connectivity index (χ4n) is 3.31. The van der Waals surface area contributed by atoms with E-state index < -0.39 is 0 Å². The minimum Gasteiger partial charge on any atom is -0.393 e. The number of fused-ring (bicyclic) bond motifs is 1. The molecule has 21 heavy (non-hydrogen) atoms. The van der Waals surface area contributed by atoms with E-state index in [0.29, 0.717) is 11.3 Å². The molecule has 2 unspecified atom stereocenters. The monoisotopic (exact) mass is 288 g/mol. The second-order valence-electron chi connectivity index (χ2n) is 6.06. The number of nitrogens with zero attached hydrogens (tertiary/aromatic N) is 2. The number of hydrogen-bond acceptors (Lipinski definition) is 3. The number of aliphatic hydroxyl groups excluding tert-OH is 1. The van der Waals surface area contributed by atoms with Gasteiger partial charge in [0.15, 0.2) is 0 Å². The zero-order valence-corrected chi connectivity index (χ0v) is 12.3. The van der Waals surface area contributed by atoms with Crippen LogP contribution in [0.3, 0.4) is 0 Å². The van der Waals surface area contributed by atoms with Gasteiger partial charge in [0.05, 0.1) is 11.6 Å². The maximum atomic E-state index is 13.8. The van der Waals surface area contributed by atoms with Crippen LogP contribution in [0.2, 0.25) is 0 Å². The standard InChI is InChI=1S/C17H21FN2O/c1-20(10-12-4-2-6-16(12)21)11-13-7-8-15(18)14-5-3-9-19-17(13)14/h3,5,7-9,12,16,21H,2,4,6,10-11H2,1H3. The van der Waals surface area contributed by atoms with Crippen molar-refractivity contribution < 1.29 is 9.50 Å². The zero-order chi connectivity index (χ0) is 14.8. The summed E-state index contributed by atoms with van der Waals surface area (Å²) in [7, 11) is 2.04. The summed E-state index contributed by atoms with van der Waals surface area (Å²) < 4.78 is 13.8. The molecule has 1 fully saturated rings. The van der Waals surface area contributed by atoms with Crippen molar-refractivity contribution in [2.75, 3.05) is 13.6 Å². The van der Waals surface area contributed by atoms with Crippen LogP contribution in [0.1, 0.15) is 24.8 Å². The highest BCUT2D eigenvalue weighted by Gasteiger charge is 2.26. The highest BCUT2D eigenvalue weighted by Crippen LogP contribution is 2.27. The molecule has 1 heterocycles. The molecule has 3 rings (SSSR count). The molecule has 0 spiro atoms. The minimum absolute atomic E-state index is 0.171. The molecule has 0 radical (unpaired) electrons. The van der Waals surface area contributed by atoms with Crippen molar-refractivity contribution in [2.24, 2.45) is 5.92 Å². The predicted octanol–water partition coefficient (Wildman–Crippen LogP) is 2.97. The molecule has 1 N–H and O–H groups in total. The summed E-state index contributed by atoms with van der Waals surface area (Å²) in [6.07, 6.45) is 4.65. The average Bonchev–Trinajstić information content (AvgIpc) is 2.88. The summed E-state index contributed by atoms with van der Waals surface area (Å²) in [5.41, 5.74) is 1.76. The largest absolute Gasteiger partial charge is 0.393 e. The maximum Gasteiger partial charge on any atom is 0.132 e. The average molecular weight is 288 g/mol. The molecule has 4 heteroatoms. The normalized spacial score (nSPS) is 22.3. The summed E-state index contributed by atoms with van der Waals surface area (Å²) in [5, 5.41) is 10.5. The second-order valence-corrected chi connectivity index (χ2v) is 6.06. The topological polar surface area (TPSA) is 36.4 Å². The molecule has 0 aliphatic heterocycles. The minimum atomic E-state index is -0.226. The van der Waals surface area contributed by atoms with E-state index in [2.05, 4.69) is 9.88 Å². The molecule has 2 aromatic rings. The number of benzene rings is 1. The number of rotatable bonds is 4. The van der Waals surface area contributed by atoms with Crippen molar-refractivity contribution in [3.05, 3.63) is 41.8 Å². The quantitative estimate of drug-likeness (QED) is 0.939. The van der Waals surface area contributed by atoms with Crippen LogP contribution in [-0.2, 0) is 6.54 Å². The Balaban J connectivity index is 1.77. The molecule has 0 bridgehead atoms. The van der Waals surface area contributed by atoms with Crippen LogP contribution in [0.5, 0.6) is 0 Å². The number of aromatic nitrogens is 1. The van der Waals surface area contributed by atoms with Crippen molar-refractivity contribution in [2.45, 2.75) is 31.9 Å². The third-order valence-corrected chi connectivity index (χ3v) is 4.41. The van der Waals surface area contributed by atoms with Crippen LogP contribution in [0.25, 0.3) is 10.9 Å². The molecule has 0 saturated heterocycles. The number of hydrogen-bond donors (Lipinski definition) is 1. The smallest absolute Gasteiger partial charge is 0.132 e. The van der Waals surface area contributed by atoms with Crippen molar-refractivity contribution >= 4 is 10.9 Å². The lowest BCUT2D eigenvalue weighted by Gasteiger charge is -2.23. The van der Waals surface area contributed by atoms with Gasteiger partial charge in [-0.25, -0.2) is 4.39 Å². The molecule has 0 amide bonds. The molecular weight excluding hydrogens is 267 g/mol. The van der Waals surface area contributed by atoms with Crippen molar-refractivity contribution in [3.63, 3.8) is 0 Å². The van der Waals surface area contributed by atoms with Gasteiger partial charge in [-0.15, -0.1) is 0 Å². The Morgan fingerprint density at radius 3 is 2.95 bits per heavy atom. The van der Waals surface area contributed by atoms with E-state index in [1.165, 1.54) is 6.07 Å². The first-order valence-corrected chi connectivity index (χ1v) is 7.54. The van der Waals surface area contributed by atoms with E-state index in [-0.39, 0.29) is 11.9 Å². The summed E-state index contributed by atoms with van der Waals surface area (Å²) >= 11 is 0. The van der Waals surface area contributed by atoms with E-state index in [9.17, 15) is 9.50 Å². The first-order chi connectivity index (χ1) is 10.1. The van der Waals surface area contributed by atoms with E-state index in [1.807, 2.05) is 13.1 Å². The van der Waals surface area contributed by atoms with Gasteiger partial charge in [0.1, 0.15) is 5.82 Å². The van der Waals surface area contributed by atoms with Crippen molar-refractivity contribution in [1.82, 2.24) is 9.88 Å². The lowest BCUT2D eigenvalue weighted by molar-refractivity contribution is 0.108. The molecule has 1 aromatic heterocycles. The Labute approximate surface area is 124 Å². The van der Waals surface area contributed by atoms with Crippen molar-refractivity contribution in [3.8, 4) is 0 Å². The SMILES string of the molecule is CN(Cc1ccc(F)c2cccnc12)CC1CCCC1O. The number of pyridine rings is 1. The fourth-order valence-corrected chi connectivity index (χ4v) is 3.31. The maximum absolute atomic E-state index is 13.8. The van der Waals surface area contributed by atoms with Crippen LogP contribution in [0.4, 0.5) is 4.39 Å². The van der Waals surface area contributed by atoms with Gasteiger partial charge in [0.2, 0.25) is 0 Å². The van der Waals surface area contributed by atoms with Crippen LogP contribution in [0.15, 0.2) is 30.5 Å². The van der Waals surface area contributed by atoms with Gasteiger partial charge in [-0.2, -0.15) is 0 Å². The Morgan fingerprint density at radius 2 is 2.19 bits per heavy atom. The first kappa shape index (κ1) is 14.4. The first-order valence-electron chi connectivity index (χ1n) is 7.54. The number of halogens is 1. The molecular formula is C17H21FN2O. The molecule has 3 nitrogen and oxygen atoms in total.